The molecule has 142 valence electrons. The van der Waals surface area contributed by atoms with E-state index in [0.717, 1.165) is 30.0 Å². The number of hydrogen-bond donors (Lipinski definition) is 1. The van der Waals surface area contributed by atoms with Crippen molar-refractivity contribution >= 4 is 17.5 Å². The SMILES string of the molecule is O=C(Nc1ccc(N2CCCCC2)nn1)C(c1ccccc1)c1ccccc1. The Morgan fingerprint density at radius 2 is 1.39 bits per heavy atom. The van der Waals surface area contributed by atoms with E-state index in [4.69, 9.17) is 0 Å². The molecule has 5 nitrogen and oxygen atoms in total. The minimum Gasteiger partial charge on any atom is -0.355 e. The summed E-state index contributed by atoms with van der Waals surface area (Å²) < 4.78 is 0. The molecular formula is C23H24N4O. The molecule has 28 heavy (non-hydrogen) atoms. The fraction of sp³-hybridized carbons (Fsp3) is 0.261. The van der Waals surface area contributed by atoms with Gasteiger partial charge in [0.25, 0.3) is 0 Å². The van der Waals surface area contributed by atoms with Crippen molar-refractivity contribution in [3.05, 3.63) is 83.9 Å². The predicted molar refractivity (Wildman–Crippen MR) is 111 cm³/mol. The van der Waals surface area contributed by atoms with Crippen molar-refractivity contribution in [1.29, 1.82) is 0 Å². The summed E-state index contributed by atoms with van der Waals surface area (Å²) in [5, 5.41) is 11.5. The quantitative estimate of drug-likeness (QED) is 0.728. The Morgan fingerprint density at radius 1 is 0.786 bits per heavy atom. The number of carbonyl (C=O) groups is 1. The van der Waals surface area contributed by atoms with Crippen LogP contribution in [-0.4, -0.2) is 29.2 Å². The number of anilines is 2. The van der Waals surface area contributed by atoms with Gasteiger partial charge in [-0.05, 0) is 42.5 Å². The van der Waals surface area contributed by atoms with Gasteiger partial charge < -0.3 is 10.2 Å². The Kier molecular flexibility index (Phi) is 5.61. The molecule has 0 radical (unpaired) electrons. The van der Waals surface area contributed by atoms with Crippen LogP contribution in [0, 0.1) is 0 Å². The normalized spacial score (nSPS) is 14.1. The van der Waals surface area contributed by atoms with Gasteiger partial charge in [0.2, 0.25) is 5.91 Å². The molecule has 4 rings (SSSR count). The smallest absolute Gasteiger partial charge is 0.237 e. The molecule has 0 bridgehead atoms. The molecule has 0 atom stereocenters. The van der Waals surface area contributed by atoms with Gasteiger partial charge in [0.1, 0.15) is 0 Å². The Hall–Kier alpha value is -3.21. The van der Waals surface area contributed by atoms with Crippen LogP contribution in [0.15, 0.2) is 72.8 Å². The molecule has 2 aromatic carbocycles. The highest BCUT2D eigenvalue weighted by atomic mass is 16.2. The molecule has 1 fully saturated rings. The Morgan fingerprint density at radius 3 is 1.93 bits per heavy atom. The van der Waals surface area contributed by atoms with E-state index in [0.29, 0.717) is 5.82 Å². The highest BCUT2D eigenvalue weighted by molar-refractivity contribution is 5.97. The first-order chi connectivity index (χ1) is 13.8. The van der Waals surface area contributed by atoms with Crippen LogP contribution in [0.4, 0.5) is 11.6 Å². The fourth-order valence-corrected chi connectivity index (χ4v) is 3.67. The Bertz CT molecular complexity index is 851. The second kappa shape index (κ2) is 8.65. The molecule has 1 N–H and O–H groups in total. The van der Waals surface area contributed by atoms with E-state index in [1.807, 2.05) is 72.8 Å². The molecule has 1 aromatic heterocycles. The number of rotatable bonds is 5. The lowest BCUT2D eigenvalue weighted by atomic mass is 9.90. The monoisotopic (exact) mass is 372 g/mol. The van der Waals surface area contributed by atoms with Gasteiger partial charge in [-0.1, -0.05) is 60.7 Å². The highest BCUT2D eigenvalue weighted by Crippen LogP contribution is 2.26. The average Bonchev–Trinajstić information content (AvgIpc) is 2.77. The summed E-state index contributed by atoms with van der Waals surface area (Å²) in [6, 6.07) is 23.4. The van der Waals surface area contributed by atoms with E-state index >= 15 is 0 Å². The zero-order chi connectivity index (χ0) is 19.2. The van der Waals surface area contributed by atoms with Gasteiger partial charge in [-0.15, -0.1) is 10.2 Å². The molecule has 1 aliphatic heterocycles. The summed E-state index contributed by atoms with van der Waals surface area (Å²) in [6.45, 7) is 2.04. The van der Waals surface area contributed by atoms with Crippen molar-refractivity contribution < 1.29 is 4.79 Å². The van der Waals surface area contributed by atoms with Crippen LogP contribution in [-0.2, 0) is 4.79 Å². The summed E-state index contributed by atoms with van der Waals surface area (Å²) in [5.74, 6) is 0.839. The topological polar surface area (TPSA) is 58.1 Å². The van der Waals surface area contributed by atoms with E-state index in [2.05, 4.69) is 20.4 Å². The van der Waals surface area contributed by atoms with Crippen LogP contribution >= 0.6 is 0 Å². The van der Waals surface area contributed by atoms with E-state index in [1.165, 1.54) is 19.3 Å². The van der Waals surface area contributed by atoms with Crippen molar-refractivity contribution in [3.63, 3.8) is 0 Å². The molecule has 0 unspecified atom stereocenters. The summed E-state index contributed by atoms with van der Waals surface area (Å²) in [6.07, 6.45) is 3.66. The molecule has 0 aliphatic carbocycles. The number of piperidine rings is 1. The second-order valence-corrected chi connectivity index (χ2v) is 7.07. The molecule has 0 saturated carbocycles. The van der Waals surface area contributed by atoms with Crippen molar-refractivity contribution in [1.82, 2.24) is 10.2 Å². The van der Waals surface area contributed by atoms with Gasteiger partial charge >= 0.3 is 0 Å². The van der Waals surface area contributed by atoms with Crippen LogP contribution in [0.25, 0.3) is 0 Å². The van der Waals surface area contributed by atoms with Crippen LogP contribution in [0.5, 0.6) is 0 Å². The standard InChI is InChI=1S/C23H24N4O/c28-23(22(18-10-4-1-5-11-18)19-12-6-2-7-13-19)24-20-14-15-21(26-25-20)27-16-8-3-9-17-27/h1-2,4-7,10-15,22H,3,8-9,16-17H2,(H,24,25,28). The molecule has 2 heterocycles. The minimum absolute atomic E-state index is 0.113. The number of benzene rings is 2. The van der Waals surface area contributed by atoms with E-state index in [9.17, 15) is 4.79 Å². The van der Waals surface area contributed by atoms with Gasteiger partial charge in [-0.25, -0.2) is 0 Å². The first-order valence-corrected chi connectivity index (χ1v) is 9.81. The first kappa shape index (κ1) is 18.2. The maximum atomic E-state index is 13.1. The summed E-state index contributed by atoms with van der Waals surface area (Å²) in [4.78, 5) is 15.4. The number of nitrogens with one attached hydrogen (secondary N) is 1. The second-order valence-electron chi connectivity index (χ2n) is 7.07. The van der Waals surface area contributed by atoms with Crippen molar-refractivity contribution in [2.24, 2.45) is 0 Å². The summed E-state index contributed by atoms with van der Waals surface area (Å²) in [7, 11) is 0. The molecule has 1 amide bonds. The zero-order valence-corrected chi connectivity index (χ0v) is 15.8. The molecule has 0 spiro atoms. The Labute approximate surface area is 165 Å². The van der Waals surface area contributed by atoms with Crippen LogP contribution in [0.1, 0.15) is 36.3 Å². The van der Waals surface area contributed by atoms with Gasteiger partial charge in [0.05, 0.1) is 5.92 Å². The van der Waals surface area contributed by atoms with Gasteiger partial charge in [-0.2, -0.15) is 0 Å². The van der Waals surface area contributed by atoms with Crippen molar-refractivity contribution in [3.8, 4) is 0 Å². The molecule has 3 aromatic rings. The number of amides is 1. The maximum absolute atomic E-state index is 13.1. The van der Waals surface area contributed by atoms with Crippen LogP contribution in [0.2, 0.25) is 0 Å². The first-order valence-electron chi connectivity index (χ1n) is 9.81. The number of hydrogen-bond acceptors (Lipinski definition) is 4. The van der Waals surface area contributed by atoms with Gasteiger partial charge in [0.15, 0.2) is 11.6 Å². The van der Waals surface area contributed by atoms with E-state index in [1.54, 1.807) is 0 Å². The van der Waals surface area contributed by atoms with Gasteiger partial charge in [0, 0.05) is 13.1 Å². The summed E-state index contributed by atoms with van der Waals surface area (Å²) >= 11 is 0. The fourth-order valence-electron chi connectivity index (χ4n) is 3.67. The maximum Gasteiger partial charge on any atom is 0.237 e. The zero-order valence-electron chi connectivity index (χ0n) is 15.8. The number of carbonyl (C=O) groups excluding carboxylic acids is 1. The van der Waals surface area contributed by atoms with Crippen molar-refractivity contribution in [2.75, 3.05) is 23.3 Å². The van der Waals surface area contributed by atoms with Crippen LogP contribution in [0.3, 0.4) is 0 Å². The van der Waals surface area contributed by atoms with E-state index < -0.39 is 5.92 Å². The molecule has 5 heteroatoms. The molecule has 1 saturated heterocycles. The Balaban J connectivity index is 1.53. The molecular weight excluding hydrogens is 348 g/mol. The van der Waals surface area contributed by atoms with E-state index in [-0.39, 0.29) is 5.91 Å². The third kappa shape index (κ3) is 4.19. The van der Waals surface area contributed by atoms with Crippen LogP contribution < -0.4 is 10.2 Å². The molecule has 1 aliphatic rings. The number of nitrogens with zero attached hydrogens (tertiary/aromatic N) is 3. The average molecular weight is 372 g/mol. The van der Waals surface area contributed by atoms with Crippen molar-refractivity contribution in [2.45, 2.75) is 25.2 Å². The predicted octanol–water partition coefficient (Wildman–Crippen LogP) is 4.24. The lowest BCUT2D eigenvalue weighted by Gasteiger charge is -2.27. The third-order valence-electron chi connectivity index (χ3n) is 5.11. The lowest BCUT2D eigenvalue weighted by Crippen LogP contribution is -2.30. The third-order valence-corrected chi connectivity index (χ3v) is 5.11. The number of aromatic nitrogens is 2. The minimum atomic E-state index is -0.397. The van der Waals surface area contributed by atoms with Gasteiger partial charge in [-0.3, -0.25) is 4.79 Å². The highest BCUT2D eigenvalue weighted by Gasteiger charge is 2.23. The lowest BCUT2D eigenvalue weighted by molar-refractivity contribution is -0.116. The summed E-state index contributed by atoms with van der Waals surface area (Å²) in [5.41, 5.74) is 1.90. The largest absolute Gasteiger partial charge is 0.355 e.